The van der Waals surface area contributed by atoms with Crippen molar-refractivity contribution in [3.63, 3.8) is 0 Å². The van der Waals surface area contributed by atoms with E-state index in [2.05, 4.69) is 27.4 Å². The number of halogens is 1. The number of methoxy groups -OCH3 is 1. The number of hydrogen-bond acceptors (Lipinski definition) is 6. The molecule has 29 heavy (non-hydrogen) atoms. The standard InChI is InChI=1S/C20H22ClN5O2S/c1-4-9-26-19(14-5-7-22-8-6-14)24-25-20(26)29-12-18(27)23-16-10-13(2)15(21)11-17(16)28-3/h5-8,10-11H,4,9,12H2,1-3H3,(H,23,27). The summed E-state index contributed by atoms with van der Waals surface area (Å²) in [7, 11) is 1.54. The van der Waals surface area contributed by atoms with E-state index >= 15 is 0 Å². The van der Waals surface area contributed by atoms with Crippen LogP contribution in [-0.2, 0) is 11.3 Å². The zero-order valence-corrected chi connectivity index (χ0v) is 18.0. The number of pyridine rings is 1. The molecule has 0 unspecified atom stereocenters. The number of nitrogens with zero attached hydrogens (tertiary/aromatic N) is 4. The molecule has 0 aliphatic heterocycles. The third kappa shape index (κ3) is 5.07. The minimum atomic E-state index is -0.161. The van der Waals surface area contributed by atoms with E-state index in [1.807, 2.05) is 23.6 Å². The first-order valence-corrected chi connectivity index (χ1v) is 10.5. The molecule has 0 aliphatic rings. The van der Waals surface area contributed by atoms with Gasteiger partial charge in [-0.1, -0.05) is 30.3 Å². The summed E-state index contributed by atoms with van der Waals surface area (Å²) in [5, 5.41) is 12.8. The van der Waals surface area contributed by atoms with Gasteiger partial charge in [-0.2, -0.15) is 0 Å². The summed E-state index contributed by atoms with van der Waals surface area (Å²) in [4.78, 5) is 16.6. The van der Waals surface area contributed by atoms with Crippen molar-refractivity contribution in [1.29, 1.82) is 0 Å². The first-order chi connectivity index (χ1) is 14.0. The molecule has 0 bridgehead atoms. The molecule has 3 rings (SSSR count). The second-order valence-electron chi connectivity index (χ2n) is 6.33. The van der Waals surface area contributed by atoms with Crippen LogP contribution in [0.4, 0.5) is 5.69 Å². The normalized spacial score (nSPS) is 10.8. The number of hydrogen-bond donors (Lipinski definition) is 1. The van der Waals surface area contributed by atoms with E-state index in [1.165, 1.54) is 11.8 Å². The maximum Gasteiger partial charge on any atom is 0.234 e. The maximum atomic E-state index is 12.5. The van der Waals surface area contributed by atoms with Gasteiger partial charge in [0.25, 0.3) is 0 Å². The predicted octanol–water partition coefficient (Wildman–Crippen LogP) is 4.45. The van der Waals surface area contributed by atoms with Gasteiger partial charge >= 0.3 is 0 Å². The molecule has 0 atom stereocenters. The highest BCUT2D eigenvalue weighted by Gasteiger charge is 2.16. The number of rotatable bonds is 8. The van der Waals surface area contributed by atoms with Crippen LogP contribution in [0.2, 0.25) is 5.02 Å². The van der Waals surface area contributed by atoms with Gasteiger partial charge in [-0.15, -0.1) is 10.2 Å². The number of benzene rings is 1. The van der Waals surface area contributed by atoms with Gasteiger partial charge in [0.1, 0.15) is 5.75 Å². The number of aryl methyl sites for hydroxylation is 1. The number of thioether (sulfide) groups is 1. The Labute approximate surface area is 178 Å². The molecule has 0 saturated heterocycles. The van der Waals surface area contributed by atoms with Crippen LogP contribution in [0.25, 0.3) is 11.4 Å². The molecule has 2 aromatic heterocycles. The molecule has 7 nitrogen and oxygen atoms in total. The van der Waals surface area contributed by atoms with Crippen molar-refractivity contribution < 1.29 is 9.53 Å². The molecule has 0 saturated carbocycles. The first-order valence-electron chi connectivity index (χ1n) is 9.13. The van der Waals surface area contributed by atoms with Gasteiger partial charge < -0.3 is 14.6 Å². The summed E-state index contributed by atoms with van der Waals surface area (Å²) in [6, 6.07) is 7.28. The molecule has 1 N–H and O–H groups in total. The maximum absolute atomic E-state index is 12.5. The van der Waals surface area contributed by atoms with Gasteiger partial charge in [-0.25, -0.2) is 0 Å². The zero-order chi connectivity index (χ0) is 20.8. The van der Waals surface area contributed by atoms with Gasteiger partial charge in [0.2, 0.25) is 5.91 Å². The molecular formula is C20H22ClN5O2S. The monoisotopic (exact) mass is 431 g/mol. The number of carbonyl (C=O) groups is 1. The smallest absolute Gasteiger partial charge is 0.234 e. The Hall–Kier alpha value is -2.58. The van der Waals surface area contributed by atoms with E-state index in [0.717, 1.165) is 29.9 Å². The molecule has 1 aromatic carbocycles. The molecule has 0 aliphatic carbocycles. The van der Waals surface area contributed by atoms with Crippen molar-refractivity contribution in [2.75, 3.05) is 18.2 Å². The number of nitrogens with one attached hydrogen (secondary N) is 1. The molecule has 9 heteroatoms. The van der Waals surface area contributed by atoms with E-state index in [1.54, 1.807) is 31.6 Å². The van der Waals surface area contributed by atoms with Crippen LogP contribution in [0.15, 0.2) is 41.8 Å². The van der Waals surface area contributed by atoms with Crippen molar-refractivity contribution >= 4 is 35.0 Å². The molecule has 0 spiro atoms. The second-order valence-corrected chi connectivity index (χ2v) is 7.68. The Morgan fingerprint density at radius 1 is 1.28 bits per heavy atom. The van der Waals surface area contributed by atoms with E-state index in [9.17, 15) is 4.79 Å². The number of carbonyl (C=O) groups excluding carboxylic acids is 1. The van der Waals surface area contributed by atoms with Crippen LogP contribution >= 0.6 is 23.4 Å². The number of amides is 1. The lowest BCUT2D eigenvalue weighted by Gasteiger charge is -2.12. The average molecular weight is 432 g/mol. The Morgan fingerprint density at radius 2 is 2.03 bits per heavy atom. The fourth-order valence-electron chi connectivity index (χ4n) is 2.78. The predicted molar refractivity (Wildman–Crippen MR) is 116 cm³/mol. The van der Waals surface area contributed by atoms with Gasteiger partial charge in [0, 0.05) is 35.6 Å². The van der Waals surface area contributed by atoms with Crippen LogP contribution < -0.4 is 10.1 Å². The second kappa shape index (κ2) is 9.76. The minimum absolute atomic E-state index is 0.161. The summed E-state index contributed by atoms with van der Waals surface area (Å²) in [5.41, 5.74) is 2.39. The molecule has 3 aromatic rings. The Morgan fingerprint density at radius 3 is 2.72 bits per heavy atom. The molecular weight excluding hydrogens is 410 g/mol. The van der Waals surface area contributed by atoms with Crippen LogP contribution in [-0.4, -0.2) is 38.5 Å². The average Bonchev–Trinajstić information content (AvgIpc) is 3.12. The summed E-state index contributed by atoms with van der Waals surface area (Å²) in [6.07, 6.45) is 4.38. The molecule has 1 amide bonds. The van der Waals surface area contributed by atoms with Crippen LogP contribution in [0, 0.1) is 6.92 Å². The minimum Gasteiger partial charge on any atom is -0.495 e. The molecule has 0 radical (unpaired) electrons. The Bertz CT molecular complexity index is 994. The number of ether oxygens (including phenoxy) is 1. The molecule has 0 fully saturated rings. The van der Waals surface area contributed by atoms with Crippen molar-refractivity contribution in [2.45, 2.75) is 32.0 Å². The van der Waals surface area contributed by atoms with Gasteiger partial charge in [-0.3, -0.25) is 9.78 Å². The van der Waals surface area contributed by atoms with Gasteiger partial charge in [0.05, 0.1) is 18.6 Å². The van der Waals surface area contributed by atoms with Crippen molar-refractivity contribution in [1.82, 2.24) is 19.7 Å². The first kappa shape index (κ1) is 21.1. The van der Waals surface area contributed by atoms with Crippen LogP contribution in [0.3, 0.4) is 0 Å². The Kier molecular flexibility index (Phi) is 7.11. The number of aromatic nitrogens is 4. The van der Waals surface area contributed by atoms with Crippen molar-refractivity contribution in [2.24, 2.45) is 0 Å². The topological polar surface area (TPSA) is 81.9 Å². The highest BCUT2D eigenvalue weighted by molar-refractivity contribution is 7.99. The molecule has 152 valence electrons. The van der Waals surface area contributed by atoms with Gasteiger partial charge in [0.15, 0.2) is 11.0 Å². The third-order valence-electron chi connectivity index (χ3n) is 4.19. The lowest BCUT2D eigenvalue weighted by Crippen LogP contribution is -2.15. The van der Waals surface area contributed by atoms with E-state index in [0.29, 0.717) is 21.6 Å². The zero-order valence-electron chi connectivity index (χ0n) is 16.5. The highest BCUT2D eigenvalue weighted by atomic mass is 35.5. The highest BCUT2D eigenvalue weighted by Crippen LogP contribution is 2.31. The quantitative estimate of drug-likeness (QED) is 0.530. The SMILES string of the molecule is CCCn1c(SCC(=O)Nc2cc(C)c(Cl)cc2OC)nnc1-c1ccncc1. The summed E-state index contributed by atoms with van der Waals surface area (Å²) >= 11 is 7.47. The van der Waals surface area contributed by atoms with Crippen molar-refractivity contribution in [3.05, 3.63) is 47.2 Å². The van der Waals surface area contributed by atoms with E-state index < -0.39 is 0 Å². The Balaban J connectivity index is 1.72. The molecule has 2 heterocycles. The lowest BCUT2D eigenvalue weighted by atomic mass is 10.2. The largest absolute Gasteiger partial charge is 0.495 e. The fourth-order valence-corrected chi connectivity index (χ4v) is 3.70. The van der Waals surface area contributed by atoms with Crippen molar-refractivity contribution in [3.8, 4) is 17.1 Å². The summed E-state index contributed by atoms with van der Waals surface area (Å²) in [6.45, 7) is 4.73. The van der Waals surface area contributed by atoms with Gasteiger partial charge in [-0.05, 0) is 37.1 Å². The summed E-state index contributed by atoms with van der Waals surface area (Å²) in [5.74, 6) is 1.33. The lowest BCUT2D eigenvalue weighted by molar-refractivity contribution is -0.113. The van der Waals surface area contributed by atoms with Crippen LogP contribution in [0.1, 0.15) is 18.9 Å². The third-order valence-corrected chi connectivity index (χ3v) is 5.56. The number of anilines is 1. The van der Waals surface area contributed by atoms with E-state index in [4.69, 9.17) is 16.3 Å². The fraction of sp³-hybridized carbons (Fsp3) is 0.300. The van der Waals surface area contributed by atoms with E-state index in [-0.39, 0.29) is 11.7 Å². The summed E-state index contributed by atoms with van der Waals surface area (Å²) < 4.78 is 7.34. The van der Waals surface area contributed by atoms with Crippen LogP contribution in [0.5, 0.6) is 5.75 Å².